The van der Waals surface area contributed by atoms with Crippen molar-refractivity contribution >= 4 is 17.8 Å². The fourth-order valence-corrected chi connectivity index (χ4v) is 0.867. The number of nitriles is 1. The maximum atomic E-state index is 8.20. The molecule has 0 bridgehead atoms. The number of hydrogen-bond donors (Lipinski definition) is 0. The van der Waals surface area contributed by atoms with E-state index in [1.54, 1.807) is 18.3 Å². The Kier molecular flexibility index (Phi) is 3.31. The predicted octanol–water partition coefficient (Wildman–Crippen LogP) is 2.28. The molecule has 2 nitrogen and oxygen atoms in total. The topological polar surface area (TPSA) is 36.1 Å². The minimum atomic E-state index is 0.197. The van der Waals surface area contributed by atoms with Gasteiger partial charge in [-0.25, -0.2) is 0 Å². The van der Waals surface area contributed by atoms with E-state index in [0.717, 1.165) is 5.56 Å². The van der Waals surface area contributed by atoms with Crippen molar-refractivity contribution in [3.05, 3.63) is 34.9 Å². The van der Waals surface area contributed by atoms with Crippen LogP contribution in [0.5, 0.6) is 0 Å². The zero-order valence-corrected chi connectivity index (χ0v) is 7.12. The van der Waals surface area contributed by atoms with E-state index in [9.17, 15) is 0 Å². The van der Waals surface area contributed by atoms with E-state index in [4.69, 9.17) is 16.9 Å². The first-order valence-electron chi connectivity index (χ1n) is 3.45. The summed E-state index contributed by atoms with van der Waals surface area (Å²) in [7, 11) is 0. The van der Waals surface area contributed by atoms with Gasteiger partial charge in [0.1, 0.15) is 6.54 Å². The highest BCUT2D eigenvalue weighted by Gasteiger charge is 1.86. The Labute approximate surface area is 76.1 Å². The predicted molar refractivity (Wildman–Crippen MR) is 49.5 cm³/mol. The SMILES string of the molecule is N#CCN=Cc1ccc(Cl)cc1. The molecule has 12 heavy (non-hydrogen) atoms. The molecule has 0 aliphatic carbocycles. The standard InChI is InChI=1S/C9H7ClN2/c10-9-3-1-8(2-4-9)7-12-6-5-11/h1-4,7H,6H2. The van der Waals surface area contributed by atoms with Crippen molar-refractivity contribution in [1.29, 1.82) is 5.26 Å². The summed E-state index contributed by atoms with van der Waals surface area (Å²) in [5.41, 5.74) is 0.953. The van der Waals surface area contributed by atoms with Crippen LogP contribution in [-0.2, 0) is 0 Å². The Morgan fingerprint density at radius 3 is 2.67 bits per heavy atom. The van der Waals surface area contributed by atoms with Gasteiger partial charge in [-0.3, -0.25) is 4.99 Å². The van der Waals surface area contributed by atoms with Crippen LogP contribution in [0.3, 0.4) is 0 Å². The monoisotopic (exact) mass is 178 g/mol. The molecule has 0 saturated heterocycles. The van der Waals surface area contributed by atoms with E-state index < -0.39 is 0 Å². The molecule has 1 aromatic rings. The van der Waals surface area contributed by atoms with Crippen molar-refractivity contribution in [2.24, 2.45) is 4.99 Å². The van der Waals surface area contributed by atoms with Crippen molar-refractivity contribution in [3.63, 3.8) is 0 Å². The molecule has 0 atom stereocenters. The Balaban J connectivity index is 2.66. The normalized spacial score (nSPS) is 10.0. The van der Waals surface area contributed by atoms with Crippen LogP contribution in [0.1, 0.15) is 5.56 Å². The summed E-state index contributed by atoms with van der Waals surface area (Å²) in [6.07, 6.45) is 1.65. The van der Waals surface area contributed by atoms with E-state index in [1.165, 1.54) is 0 Å². The lowest BCUT2D eigenvalue weighted by Crippen LogP contribution is -1.81. The molecule has 0 aromatic heterocycles. The lowest BCUT2D eigenvalue weighted by molar-refractivity contribution is 1.25. The number of aliphatic imine (C=N–C) groups is 1. The van der Waals surface area contributed by atoms with Gasteiger partial charge >= 0.3 is 0 Å². The molecule has 0 radical (unpaired) electrons. The molecule has 0 spiro atoms. The van der Waals surface area contributed by atoms with Crippen LogP contribution in [0.15, 0.2) is 29.3 Å². The Hall–Kier alpha value is -1.33. The third-order valence-electron chi connectivity index (χ3n) is 1.27. The highest BCUT2D eigenvalue weighted by Crippen LogP contribution is 2.07. The summed E-state index contributed by atoms with van der Waals surface area (Å²) in [4.78, 5) is 3.86. The van der Waals surface area contributed by atoms with Gasteiger partial charge in [0.2, 0.25) is 0 Å². The Bertz CT molecular complexity index is 308. The lowest BCUT2D eigenvalue weighted by atomic mass is 10.2. The maximum absolute atomic E-state index is 8.20. The van der Waals surface area contributed by atoms with Crippen LogP contribution >= 0.6 is 11.6 Å². The number of hydrogen-bond acceptors (Lipinski definition) is 2. The second kappa shape index (κ2) is 4.53. The first-order valence-corrected chi connectivity index (χ1v) is 3.83. The number of benzene rings is 1. The molecular formula is C9H7ClN2. The fourth-order valence-electron chi connectivity index (χ4n) is 0.741. The zero-order chi connectivity index (χ0) is 8.81. The quantitative estimate of drug-likeness (QED) is 0.506. The number of halogens is 1. The Morgan fingerprint density at radius 2 is 2.08 bits per heavy atom. The zero-order valence-electron chi connectivity index (χ0n) is 6.37. The second-order valence-corrected chi connectivity index (χ2v) is 2.62. The molecule has 1 rings (SSSR count). The van der Waals surface area contributed by atoms with E-state index >= 15 is 0 Å². The van der Waals surface area contributed by atoms with Crippen molar-refractivity contribution in [1.82, 2.24) is 0 Å². The molecule has 1 aromatic carbocycles. The van der Waals surface area contributed by atoms with E-state index in [0.29, 0.717) is 5.02 Å². The molecule has 3 heteroatoms. The number of rotatable bonds is 2. The van der Waals surface area contributed by atoms with Gasteiger partial charge < -0.3 is 0 Å². The summed E-state index contributed by atoms with van der Waals surface area (Å²) >= 11 is 5.68. The molecule has 0 fully saturated rings. The van der Waals surface area contributed by atoms with E-state index in [1.807, 2.05) is 18.2 Å². The van der Waals surface area contributed by atoms with Gasteiger partial charge in [0, 0.05) is 11.2 Å². The largest absolute Gasteiger partial charge is 0.277 e. The summed E-state index contributed by atoms with van der Waals surface area (Å²) in [5.74, 6) is 0. The fraction of sp³-hybridized carbons (Fsp3) is 0.111. The Morgan fingerprint density at radius 1 is 1.42 bits per heavy atom. The molecular weight excluding hydrogens is 172 g/mol. The molecule has 0 N–H and O–H groups in total. The summed E-state index contributed by atoms with van der Waals surface area (Å²) in [6, 6.07) is 9.20. The molecule has 0 heterocycles. The van der Waals surface area contributed by atoms with Gasteiger partial charge in [0.15, 0.2) is 0 Å². The van der Waals surface area contributed by atoms with Crippen LogP contribution in [0, 0.1) is 11.3 Å². The molecule has 0 aliphatic heterocycles. The molecule has 60 valence electrons. The average Bonchev–Trinajstić information content (AvgIpc) is 2.09. The minimum absolute atomic E-state index is 0.197. The smallest absolute Gasteiger partial charge is 0.126 e. The summed E-state index contributed by atoms with van der Waals surface area (Å²) in [5, 5.41) is 8.90. The number of nitrogens with zero attached hydrogens (tertiary/aromatic N) is 2. The first kappa shape index (κ1) is 8.76. The van der Waals surface area contributed by atoms with Gasteiger partial charge in [-0.1, -0.05) is 23.7 Å². The van der Waals surface area contributed by atoms with E-state index in [2.05, 4.69) is 4.99 Å². The van der Waals surface area contributed by atoms with Gasteiger partial charge in [-0.15, -0.1) is 0 Å². The first-order chi connectivity index (χ1) is 5.83. The van der Waals surface area contributed by atoms with Crippen LogP contribution in [0.25, 0.3) is 0 Å². The van der Waals surface area contributed by atoms with Crippen molar-refractivity contribution in [3.8, 4) is 6.07 Å². The van der Waals surface area contributed by atoms with Gasteiger partial charge in [-0.2, -0.15) is 5.26 Å². The highest BCUT2D eigenvalue weighted by atomic mass is 35.5. The van der Waals surface area contributed by atoms with Crippen LogP contribution < -0.4 is 0 Å². The molecule has 0 saturated carbocycles. The van der Waals surface area contributed by atoms with E-state index in [-0.39, 0.29) is 6.54 Å². The third-order valence-corrected chi connectivity index (χ3v) is 1.52. The maximum Gasteiger partial charge on any atom is 0.126 e. The molecule has 0 amide bonds. The molecule has 0 aliphatic rings. The van der Waals surface area contributed by atoms with Crippen molar-refractivity contribution in [2.75, 3.05) is 6.54 Å². The third kappa shape index (κ3) is 2.73. The van der Waals surface area contributed by atoms with Gasteiger partial charge in [0.05, 0.1) is 6.07 Å². The summed E-state index contributed by atoms with van der Waals surface area (Å²) < 4.78 is 0. The minimum Gasteiger partial charge on any atom is -0.277 e. The lowest BCUT2D eigenvalue weighted by Gasteiger charge is -1.90. The van der Waals surface area contributed by atoms with Crippen LogP contribution in [-0.4, -0.2) is 12.8 Å². The second-order valence-electron chi connectivity index (χ2n) is 2.18. The van der Waals surface area contributed by atoms with Gasteiger partial charge in [0.25, 0.3) is 0 Å². The van der Waals surface area contributed by atoms with Crippen LogP contribution in [0.4, 0.5) is 0 Å². The average molecular weight is 179 g/mol. The summed E-state index contributed by atoms with van der Waals surface area (Å²) in [6.45, 7) is 0.197. The van der Waals surface area contributed by atoms with Crippen LogP contribution in [0.2, 0.25) is 5.02 Å². The van der Waals surface area contributed by atoms with Gasteiger partial charge in [-0.05, 0) is 17.7 Å². The van der Waals surface area contributed by atoms with Crippen molar-refractivity contribution in [2.45, 2.75) is 0 Å². The highest BCUT2D eigenvalue weighted by molar-refractivity contribution is 6.30. The molecule has 0 unspecified atom stereocenters. The van der Waals surface area contributed by atoms with Crippen molar-refractivity contribution < 1.29 is 0 Å².